The lowest BCUT2D eigenvalue weighted by Gasteiger charge is -2.33. The second-order valence-electron chi connectivity index (χ2n) is 8.81. The van der Waals surface area contributed by atoms with Crippen LogP contribution in [0.15, 0.2) is 70.4 Å². The Morgan fingerprint density at radius 1 is 0.886 bits per heavy atom. The lowest BCUT2D eigenvalue weighted by Crippen LogP contribution is -2.50. The Labute approximate surface area is 203 Å². The summed E-state index contributed by atoms with van der Waals surface area (Å²) in [6, 6.07) is 18.4. The summed E-state index contributed by atoms with van der Waals surface area (Å²) in [5.74, 6) is -0.131. The maximum absolute atomic E-state index is 13.3. The van der Waals surface area contributed by atoms with E-state index >= 15 is 0 Å². The molecular formula is C25H27N5O4S. The maximum Gasteiger partial charge on any atom is 0.328 e. The van der Waals surface area contributed by atoms with Crippen molar-refractivity contribution in [3.05, 3.63) is 71.1 Å². The number of nitrogens with zero attached hydrogens (tertiary/aromatic N) is 4. The number of benzene rings is 3. The summed E-state index contributed by atoms with van der Waals surface area (Å²) in [7, 11) is -0.428. The summed E-state index contributed by atoms with van der Waals surface area (Å²) in [4.78, 5) is 27.0. The van der Waals surface area contributed by atoms with Crippen molar-refractivity contribution >= 4 is 43.4 Å². The molecule has 0 atom stereocenters. The van der Waals surface area contributed by atoms with E-state index in [4.69, 9.17) is 0 Å². The van der Waals surface area contributed by atoms with Crippen LogP contribution >= 0.6 is 0 Å². The summed E-state index contributed by atoms with van der Waals surface area (Å²) in [5.41, 5.74) is 1.81. The van der Waals surface area contributed by atoms with Crippen molar-refractivity contribution < 1.29 is 13.2 Å². The number of carbonyl (C=O) groups is 1. The number of fused-ring (bicyclic) bond motifs is 2. The van der Waals surface area contributed by atoms with Crippen LogP contribution in [0.4, 0.5) is 5.69 Å². The van der Waals surface area contributed by atoms with E-state index in [2.05, 4.69) is 5.32 Å². The zero-order valence-electron chi connectivity index (χ0n) is 19.6. The maximum atomic E-state index is 13.3. The molecule has 1 aliphatic heterocycles. The van der Waals surface area contributed by atoms with Gasteiger partial charge in [0.25, 0.3) is 0 Å². The highest BCUT2D eigenvalue weighted by atomic mass is 32.2. The zero-order chi connectivity index (χ0) is 24.7. The van der Waals surface area contributed by atoms with Crippen LogP contribution in [0.2, 0.25) is 0 Å². The molecule has 0 bridgehead atoms. The number of amides is 1. The summed E-state index contributed by atoms with van der Waals surface area (Å²) >= 11 is 0. The number of nitrogens with one attached hydrogen (secondary N) is 1. The average molecular weight is 494 g/mol. The number of aryl methyl sites for hydroxylation is 2. The molecule has 1 saturated heterocycles. The van der Waals surface area contributed by atoms with Gasteiger partial charge >= 0.3 is 5.69 Å². The van der Waals surface area contributed by atoms with Gasteiger partial charge in [0.1, 0.15) is 0 Å². The van der Waals surface area contributed by atoms with Gasteiger partial charge in [-0.3, -0.25) is 18.8 Å². The van der Waals surface area contributed by atoms with Gasteiger partial charge in [0.2, 0.25) is 15.9 Å². The van der Waals surface area contributed by atoms with Crippen molar-refractivity contribution in [2.75, 3.05) is 38.0 Å². The molecule has 35 heavy (non-hydrogen) atoms. The van der Waals surface area contributed by atoms with Crippen LogP contribution in [0.25, 0.3) is 21.8 Å². The Balaban J connectivity index is 1.24. The van der Waals surface area contributed by atoms with Crippen molar-refractivity contribution in [3.63, 3.8) is 0 Å². The third kappa shape index (κ3) is 4.24. The van der Waals surface area contributed by atoms with Crippen LogP contribution in [0.5, 0.6) is 0 Å². The molecule has 2 heterocycles. The Morgan fingerprint density at radius 2 is 1.57 bits per heavy atom. The number of aromatic nitrogens is 2. The van der Waals surface area contributed by atoms with E-state index in [1.807, 2.05) is 47.4 Å². The number of anilines is 1. The molecule has 10 heteroatoms. The average Bonchev–Trinajstić information content (AvgIpc) is 3.08. The number of rotatable bonds is 5. The van der Waals surface area contributed by atoms with Gasteiger partial charge in [-0.05, 0) is 29.7 Å². The van der Waals surface area contributed by atoms with E-state index in [0.717, 1.165) is 16.5 Å². The second kappa shape index (κ2) is 8.95. The van der Waals surface area contributed by atoms with E-state index in [9.17, 15) is 18.0 Å². The fraction of sp³-hybridized carbons (Fsp3) is 0.280. The molecule has 1 aliphatic rings. The van der Waals surface area contributed by atoms with E-state index in [1.54, 1.807) is 32.3 Å². The third-order valence-electron chi connectivity index (χ3n) is 6.64. The fourth-order valence-corrected chi connectivity index (χ4v) is 6.09. The first-order valence-electron chi connectivity index (χ1n) is 11.4. The van der Waals surface area contributed by atoms with E-state index in [-0.39, 0.29) is 36.1 Å². The lowest BCUT2D eigenvalue weighted by atomic mass is 10.1. The minimum atomic E-state index is -3.72. The van der Waals surface area contributed by atoms with Crippen molar-refractivity contribution in [1.82, 2.24) is 18.3 Å². The van der Waals surface area contributed by atoms with Crippen LogP contribution in [-0.2, 0) is 28.9 Å². The van der Waals surface area contributed by atoms with Gasteiger partial charge in [0.15, 0.2) is 0 Å². The minimum Gasteiger partial charge on any atom is -0.324 e. The van der Waals surface area contributed by atoms with Gasteiger partial charge in [-0.25, -0.2) is 13.2 Å². The van der Waals surface area contributed by atoms with Crippen molar-refractivity contribution in [3.8, 4) is 0 Å². The monoisotopic (exact) mass is 493 g/mol. The molecule has 3 aromatic carbocycles. The first kappa shape index (κ1) is 23.3. The molecule has 1 amide bonds. The van der Waals surface area contributed by atoms with Gasteiger partial charge < -0.3 is 5.32 Å². The Morgan fingerprint density at radius 3 is 2.34 bits per heavy atom. The number of hydrogen-bond acceptors (Lipinski definition) is 5. The fourth-order valence-electron chi connectivity index (χ4n) is 4.65. The third-order valence-corrected chi connectivity index (χ3v) is 8.54. The second-order valence-corrected chi connectivity index (χ2v) is 10.7. The molecule has 1 N–H and O–H groups in total. The van der Waals surface area contributed by atoms with Gasteiger partial charge in [0.05, 0.1) is 22.5 Å². The molecule has 182 valence electrons. The van der Waals surface area contributed by atoms with Crippen molar-refractivity contribution in [2.45, 2.75) is 4.90 Å². The number of piperazine rings is 1. The predicted octanol–water partition coefficient (Wildman–Crippen LogP) is 1.98. The Hall–Kier alpha value is -3.47. The Kier molecular flexibility index (Phi) is 5.96. The predicted molar refractivity (Wildman–Crippen MR) is 136 cm³/mol. The van der Waals surface area contributed by atoms with Crippen molar-refractivity contribution in [2.24, 2.45) is 14.1 Å². The number of imidazole rings is 1. The highest BCUT2D eigenvalue weighted by Gasteiger charge is 2.29. The van der Waals surface area contributed by atoms with Crippen molar-refractivity contribution in [1.29, 1.82) is 0 Å². The zero-order valence-corrected chi connectivity index (χ0v) is 20.5. The molecule has 9 nitrogen and oxygen atoms in total. The quantitative estimate of drug-likeness (QED) is 0.459. The van der Waals surface area contributed by atoms with E-state index in [1.165, 1.54) is 13.4 Å². The molecule has 4 aromatic rings. The van der Waals surface area contributed by atoms with Crippen LogP contribution in [0.1, 0.15) is 0 Å². The van der Waals surface area contributed by atoms with Gasteiger partial charge in [-0.15, -0.1) is 0 Å². The highest BCUT2D eigenvalue weighted by Crippen LogP contribution is 2.24. The smallest absolute Gasteiger partial charge is 0.324 e. The molecule has 0 radical (unpaired) electrons. The van der Waals surface area contributed by atoms with Crippen LogP contribution < -0.4 is 11.0 Å². The highest BCUT2D eigenvalue weighted by molar-refractivity contribution is 7.89. The number of hydrogen-bond donors (Lipinski definition) is 1. The molecule has 1 aromatic heterocycles. The Bertz CT molecular complexity index is 1590. The SMILES string of the molecule is Cn1c(=O)n(C)c2cc(S(=O)(=O)N3CCN(CC(=O)Nc4cccc5ccccc45)CC3)ccc21. The largest absolute Gasteiger partial charge is 0.328 e. The molecular weight excluding hydrogens is 466 g/mol. The molecule has 0 saturated carbocycles. The van der Waals surface area contributed by atoms with Gasteiger partial charge in [-0.2, -0.15) is 4.31 Å². The summed E-state index contributed by atoms with van der Waals surface area (Å²) in [5, 5.41) is 5.02. The van der Waals surface area contributed by atoms with Gasteiger partial charge in [-0.1, -0.05) is 36.4 Å². The lowest BCUT2D eigenvalue weighted by molar-refractivity contribution is -0.117. The summed E-state index contributed by atoms with van der Waals surface area (Å²) in [6.45, 7) is 1.67. The minimum absolute atomic E-state index is 0.131. The molecule has 0 aliphatic carbocycles. The molecule has 0 spiro atoms. The standard InChI is InChI=1S/C25H27N5O4S/c1-27-22-11-10-19(16-23(22)28(2)25(27)32)35(33,34)30-14-12-29(13-15-30)17-24(31)26-21-9-5-7-18-6-3-4-8-20(18)21/h3-11,16H,12-15,17H2,1-2H3,(H,26,31). The number of carbonyl (C=O) groups excluding carboxylic acids is 1. The molecule has 1 fully saturated rings. The molecule has 0 unspecified atom stereocenters. The van der Waals surface area contributed by atoms with Crippen LogP contribution in [-0.4, -0.2) is 65.4 Å². The normalized spacial score (nSPS) is 15.6. The summed E-state index contributed by atoms with van der Waals surface area (Å²) < 4.78 is 30.9. The topological polar surface area (TPSA) is 96.7 Å². The van der Waals surface area contributed by atoms with Crippen LogP contribution in [0, 0.1) is 0 Å². The van der Waals surface area contributed by atoms with Gasteiger partial charge in [0, 0.05) is 51.3 Å². The van der Waals surface area contributed by atoms with Crippen LogP contribution in [0.3, 0.4) is 0 Å². The molecule has 5 rings (SSSR count). The van der Waals surface area contributed by atoms with E-state index in [0.29, 0.717) is 24.1 Å². The number of sulfonamides is 1. The first-order valence-corrected chi connectivity index (χ1v) is 12.9. The summed E-state index contributed by atoms with van der Waals surface area (Å²) in [6.07, 6.45) is 0. The first-order chi connectivity index (χ1) is 16.8. The van der Waals surface area contributed by atoms with E-state index < -0.39 is 10.0 Å².